The van der Waals surface area contributed by atoms with Crippen LogP contribution in [0.2, 0.25) is 0 Å². The molecule has 1 aromatic carbocycles. The Morgan fingerprint density at radius 1 is 1.20 bits per heavy atom. The fourth-order valence-corrected chi connectivity index (χ4v) is 2.41. The summed E-state index contributed by atoms with van der Waals surface area (Å²) in [6, 6.07) is 6.35. The van der Waals surface area contributed by atoms with Crippen LogP contribution in [-0.4, -0.2) is 55.4 Å². The van der Waals surface area contributed by atoms with Crippen molar-refractivity contribution in [3.05, 3.63) is 34.9 Å². The first-order valence-electron chi connectivity index (χ1n) is 7.34. The SMILES string of the molecule is CCN(CC(=O)c1ccc(C)c(C)c1)C(C)CN(C)C. The molecule has 0 fully saturated rings. The number of hydrogen-bond donors (Lipinski definition) is 0. The van der Waals surface area contributed by atoms with Crippen LogP contribution in [0.15, 0.2) is 18.2 Å². The molecule has 0 aromatic heterocycles. The van der Waals surface area contributed by atoms with Crippen molar-refractivity contribution >= 4 is 5.78 Å². The molecular weight excluding hydrogens is 248 g/mol. The zero-order chi connectivity index (χ0) is 15.3. The number of benzene rings is 1. The van der Waals surface area contributed by atoms with Gasteiger partial charge in [0.25, 0.3) is 0 Å². The molecule has 3 heteroatoms. The zero-order valence-corrected chi connectivity index (χ0v) is 13.7. The van der Waals surface area contributed by atoms with E-state index in [4.69, 9.17) is 0 Å². The molecule has 0 aliphatic heterocycles. The lowest BCUT2D eigenvalue weighted by Gasteiger charge is -2.29. The maximum Gasteiger partial charge on any atom is 0.176 e. The Hall–Kier alpha value is -1.19. The normalized spacial score (nSPS) is 13.0. The molecule has 0 bridgehead atoms. The van der Waals surface area contributed by atoms with Crippen LogP contribution in [-0.2, 0) is 0 Å². The first-order valence-corrected chi connectivity index (χ1v) is 7.34. The lowest BCUT2D eigenvalue weighted by molar-refractivity contribution is 0.0888. The van der Waals surface area contributed by atoms with Gasteiger partial charge < -0.3 is 4.90 Å². The Bertz CT molecular complexity index is 454. The Labute approximate surface area is 123 Å². The number of Topliss-reactive ketones (excluding diaryl/α,β-unsaturated/α-hetero) is 1. The first-order chi connectivity index (χ1) is 9.35. The van der Waals surface area contributed by atoms with E-state index < -0.39 is 0 Å². The van der Waals surface area contributed by atoms with E-state index in [1.54, 1.807) is 0 Å². The third-order valence-electron chi connectivity index (χ3n) is 3.83. The van der Waals surface area contributed by atoms with Crippen LogP contribution in [0.1, 0.15) is 35.3 Å². The molecule has 0 saturated carbocycles. The van der Waals surface area contributed by atoms with Crippen molar-refractivity contribution in [1.82, 2.24) is 9.80 Å². The molecule has 0 saturated heterocycles. The molecule has 1 aromatic rings. The second kappa shape index (κ2) is 7.55. The predicted molar refractivity (Wildman–Crippen MR) is 85.5 cm³/mol. The molecule has 1 unspecified atom stereocenters. The van der Waals surface area contributed by atoms with Gasteiger partial charge in [-0.05, 0) is 58.6 Å². The maximum absolute atomic E-state index is 12.4. The summed E-state index contributed by atoms with van der Waals surface area (Å²) in [6.07, 6.45) is 0. The van der Waals surface area contributed by atoms with Gasteiger partial charge in [-0.15, -0.1) is 0 Å². The van der Waals surface area contributed by atoms with Crippen molar-refractivity contribution in [3.63, 3.8) is 0 Å². The standard InChI is InChI=1S/C17H28N2O/c1-7-19(15(4)11-18(5)6)12-17(20)16-9-8-13(2)14(3)10-16/h8-10,15H,7,11-12H2,1-6H3. The lowest BCUT2D eigenvalue weighted by Crippen LogP contribution is -2.42. The second-order valence-corrected chi connectivity index (χ2v) is 5.90. The highest BCUT2D eigenvalue weighted by atomic mass is 16.1. The molecule has 3 nitrogen and oxygen atoms in total. The van der Waals surface area contributed by atoms with E-state index in [9.17, 15) is 4.79 Å². The number of rotatable bonds is 7. The summed E-state index contributed by atoms with van der Waals surface area (Å²) in [7, 11) is 4.13. The minimum Gasteiger partial charge on any atom is -0.308 e. The predicted octanol–water partition coefficient (Wildman–Crippen LogP) is 2.76. The van der Waals surface area contributed by atoms with Crippen LogP contribution in [0.5, 0.6) is 0 Å². The van der Waals surface area contributed by atoms with Gasteiger partial charge in [0.2, 0.25) is 0 Å². The van der Waals surface area contributed by atoms with Crippen molar-refractivity contribution in [1.29, 1.82) is 0 Å². The average molecular weight is 276 g/mol. The molecule has 0 N–H and O–H groups in total. The fourth-order valence-electron chi connectivity index (χ4n) is 2.41. The topological polar surface area (TPSA) is 23.6 Å². The monoisotopic (exact) mass is 276 g/mol. The Morgan fingerprint density at radius 2 is 1.85 bits per heavy atom. The summed E-state index contributed by atoms with van der Waals surface area (Å²) in [5, 5.41) is 0. The molecule has 0 spiro atoms. The van der Waals surface area contributed by atoms with Crippen molar-refractivity contribution in [3.8, 4) is 0 Å². The minimum atomic E-state index is 0.209. The molecule has 112 valence electrons. The minimum absolute atomic E-state index is 0.209. The average Bonchev–Trinajstić information content (AvgIpc) is 2.37. The van der Waals surface area contributed by atoms with Crippen molar-refractivity contribution < 1.29 is 4.79 Å². The molecule has 20 heavy (non-hydrogen) atoms. The third-order valence-corrected chi connectivity index (χ3v) is 3.83. The molecule has 0 amide bonds. The van der Waals surface area contributed by atoms with Crippen LogP contribution in [0, 0.1) is 13.8 Å². The summed E-state index contributed by atoms with van der Waals surface area (Å²) >= 11 is 0. The van der Waals surface area contributed by atoms with E-state index in [2.05, 4.69) is 51.6 Å². The van der Waals surface area contributed by atoms with Crippen LogP contribution in [0.25, 0.3) is 0 Å². The number of nitrogens with zero attached hydrogens (tertiary/aromatic N) is 2. The lowest BCUT2D eigenvalue weighted by atomic mass is 10.0. The van der Waals surface area contributed by atoms with Crippen LogP contribution in [0.3, 0.4) is 0 Å². The summed E-state index contributed by atoms with van der Waals surface area (Å²) in [5.74, 6) is 0.209. The molecule has 1 atom stereocenters. The van der Waals surface area contributed by atoms with Gasteiger partial charge in [-0.2, -0.15) is 0 Å². The highest BCUT2D eigenvalue weighted by Crippen LogP contribution is 2.12. The fraction of sp³-hybridized carbons (Fsp3) is 0.588. The van der Waals surface area contributed by atoms with Gasteiger partial charge in [-0.1, -0.05) is 19.1 Å². The number of carbonyl (C=O) groups is 1. The Morgan fingerprint density at radius 3 is 2.35 bits per heavy atom. The second-order valence-electron chi connectivity index (χ2n) is 5.90. The number of hydrogen-bond acceptors (Lipinski definition) is 3. The number of likely N-dealkylation sites (N-methyl/N-ethyl adjacent to an activating group) is 2. The van der Waals surface area contributed by atoms with E-state index in [0.29, 0.717) is 12.6 Å². The molecule has 0 aliphatic rings. The van der Waals surface area contributed by atoms with Gasteiger partial charge in [0.1, 0.15) is 0 Å². The van der Waals surface area contributed by atoms with E-state index in [1.807, 2.05) is 18.2 Å². The van der Waals surface area contributed by atoms with Crippen LogP contribution < -0.4 is 0 Å². The number of ketones is 1. The Kier molecular flexibility index (Phi) is 6.37. The molecular formula is C17H28N2O. The van der Waals surface area contributed by atoms with Crippen molar-refractivity contribution in [2.24, 2.45) is 0 Å². The summed E-state index contributed by atoms with van der Waals surface area (Å²) in [5.41, 5.74) is 3.23. The van der Waals surface area contributed by atoms with E-state index >= 15 is 0 Å². The smallest absolute Gasteiger partial charge is 0.176 e. The highest BCUT2D eigenvalue weighted by molar-refractivity contribution is 5.97. The summed E-state index contributed by atoms with van der Waals surface area (Å²) in [4.78, 5) is 16.8. The zero-order valence-electron chi connectivity index (χ0n) is 13.7. The van der Waals surface area contributed by atoms with Crippen molar-refractivity contribution in [2.45, 2.75) is 33.7 Å². The molecule has 0 radical (unpaired) electrons. The van der Waals surface area contributed by atoms with Crippen LogP contribution >= 0.6 is 0 Å². The largest absolute Gasteiger partial charge is 0.308 e. The number of carbonyl (C=O) groups excluding carboxylic acids is 1. The number of aryl methyl sites for hydroxylation is 2. The highest BCUT2D eigenvalue weighted by Gasteiger charge is 2.17. The van der Waals surface area contributed by atoms with E-state index in [0.717, 1.165) is 18.7 Å². The van der Waals surface area contributed by atoms with E-state index in [-0.39, 0.29) is 5.78 Å². The third kappa shape index (κ3) is 4.73. The summed E-state index contributed by atoms with van der Waals surface area (Å²) in [6.45, 7) is 10.8. The van der Waals surface area contributed by atoms with Crippen LogP contribution in [0.4, 0.5) is 0 Å². The van der Waals surface area contributed by atoms with E-state index in [1.165, 1.54) is 11.1 Å². The quantitative estimate of drug-likeness (QED) is 0.716. The van der Waals surface area contributed by atoms with Gasteiger partial charge >= 0.3 is 0 Å². The summed E-state index contributed by atoms with van der Waals surface area (Å²) < 4.78 is 0. The van der Waals surface area contributed by atoms with Gasteiger partial charge in [0.05, 0.1) is 6.54 Å². The molecule has 0 aliphatic carbocycles. The van der Waals surface area contributed by atoms with Gasteiger partial charge in [-0.25, -0.2) is 0 Å². The van der Waals surface area contributed by atoms with Gasteiger partial charge in [-0.3, -0.25) is 9.69 Å². The van der Waals surface area contributed by atoms with Gasteiger partial charge in [0.15, 0.2) is 5.78 Å². The Balaban J connectivity index is 2.74. The van der Waals surface area contributed by atoms with Crippen molar-refractivity contribution in [2.75, 3.05) is 33.7 Å². The maximum atomic E-state index is 12.4. The van der Waals surface area contributed by atoms with Gasteiger partial charge in [0, 0.05) is 18.2 Å². The molecule has 1 rings (SSSR count). The molecule has 0 heterocycles. The first kappa shape index (κ1) is 16.9.